The Labute approximate surface area is 169 Å². The molecule has 0 aromatic heterocycles. The maximum absolute atomic E-state index is 13.9. The molecule has 2 unspecified atom stereocenters. The molecule has 1 aliphatic carbocycles. The van der Waals surface area contributed by atoms with Crippen molar-refractivity contribution in [2.45, 2.75) is 44.2 Å². The zero-order valence-corrected chi connectivity index (χ0v) is 17.2. The highest BCUT2D eigenvalue weighted by atomic mass is 16.6. The van der Waals surface area contributed by atoms with Gasteiger partial charge in [0.05, 0.1) is 23.4 Å². The second-order valence-corrected chi connectivity index (χ2v) is 9.97. The van der Waals surface area contributed by atoms with Gasteiger partial charge in [0.25, 0.3) is 0 Å². The predicted octanol–water partition coefficient (Wildman–Crippen LogP) is -0.324. The number of piperazine rings is 1. The molecule has 7 rings (SSSR count). The van der Waals surface area contributed by atoms with Crippen LogP contribution >= 0.6 is 0 Å². The van der Waals surface area contributed by atoms with E-state index < -0.39 is 17.5 Å². The van der Waals surface area contributed by atoms with E-state index >= 15 is 0 Å². The van der Waals surface area contributed by atoms with Crippen molar-refractivity contribution >= 4 is 17.6 Å². The second-order valence-electron chi connectivity index (χ2n) is 9.97. The van der Waals surface area contributed by atoms with E-state index in [1.54, 1.807) is 7.11 Å². The van der Waals surface area contributed by atoms with Crippen LogP contribution in [-0.2, 0) is 14.3 Å². The number of rotatable bonds is 3. The summed E-state index contributed by atoms with van der Waals surface area (Å²) in [4.78, 5) is 35.0. The van der Waals surface area contributed by atoms with Gasteiger partial charge in [0.2, 0.25) is 0 Å². The van der Waals surface area contributed by atoms with E-state index in [0.29, 0.717) is 12.6 Å². The van der Waals surface area contributed by atoms with Crippen molar-refractivity contribution in [1.29, 1.82) is 0 Å². The normalized spacial score (nSPS) is 49.8. The number of allylic oxidation sites excluding steroid dienone is 1. The van der Waals surface area contributed by atoms with Crippen LogP contribution in [0.5, 0.6) is 0 Å². The lowest BCUT2D eigenvalue weighted by atomic mass is 9.69. The fourth-order valence-electron chi connectivity index (χ4n) is 7.06. The molecule has 0 aromatic carbocycles. The summed E-state index contributed by atoms with van der Waals surface area (Å²) in [6.45, 7) is 8.56. The van der Waals surface area contributed by atoms with Crippen molar-refractivity contribution in [3.63, 3.8) is 0 Å². The van der Waals surface area contributed by atoms with Crippen LogP contribution in [-0.4, -0.2) is 84.2 Å². The van der Waals surface area contributed by atoms with Gasteiger partial charge in [-0.25, -0.2) is 9.69 Å². The molecule has 9 heteroatoms. The molecular formula is C20H27N5O4. The number of nitrogens with two attached hydrogens (primary N) is 1. The van der Waals surface area contributed by atoms with E-state index in [1.165, 1.54) is 0 Å². The molecule has 6 aliphatic heterocycles. The van der Waals surface area contributed by atoms with E-state index in [-0.39, 0.29) is 35.7 Å². The lowest BCUT2D eigenvalue weighted by Crippen LogP contribution is -2.62. The Kier molecular flexibility index (Phi) is 3.09. The van der Waals surface area contributed by atoms with Gasteiger partial charge in [-0.2, -0.15) is 0 Å². The molecule has 5 fully saturated rings. The van der Waals surface area contributed by atoms with Crippen LogP contribution in [0.2, 0.25) is 0 Å². The zero-order valence-electron chi connectivity index (χ0n) is 17.2. The number of methoxy groups -OCH3 is 1. The van der Waals surface area contributed by atoms with E-state index in [4.69, 9.17) is 20.2 Å². The summed E-state index contributed by atoms with van der Waals surface area (Å²) >= 11 is 0. The van der Waals surface area contributed by atoms with Gasteiger partial charge in [-0.1, -0.05) is 13.8 Å². The highest BCUT2D eigenvalue weighted by Crippen LogP contribution is 2.75. The minimum Gasteiger partial charge on any atom is -0.449 e. The van der Waals surface area contributed by atoms with Crippen molar-refractivity contribution in [3.05, 3.63) is 11.3 Å². The van der Waals surface area contributed by atoms with E-state index in [2.05, 4.69) is 29.0 Å². The number of amides is 1. The van der Waals surface area contributed by atoms with E-state index in [9.17, 15) is 9.59 Å². The number of carbonyl (C=O) groups is 2. The fraction of sp³-hybridized carbons (Fsp3) is 0.750. The Bertz CT molecular complexity index is 928. The molecule has 6 bridgehead atoms. The first-order valence-corrected chi connectivity index (χ1v) is 10.3. The summed E-state index contributed by atoms with van der Waals surface area (Å²) in [6.07, 6.45) is -0.806. The van der Waals surface area contributed by atoms with Gasteiger partial charge in [-0.05, 0) is 6.92 Å². The number of primary amides is 1. The molecule has 3 N–H and O–H groups in total. The summed E-state index contributed by atoms with van der Waals surface area (Å²) in [5.74, 6) is -0.310. The van der Waals surface area contributed by atoms with Crippen LogP contribution in [0.3, 0.4) is 0 Å². The van der Waals surface area contributed by atoms with Crippen LogP contribution in [0, 0.1) is 17.3 Å². The van der Waals surface area contributed by atoms with Gasteiger partial charge < -0.3 is 20.5 Å². The topological polar surface area (TPSA) is 109 Å². The SMILES string of the molecule is CO[C@@]12[C@H](COC(N)=O)[C@H]3C4=NCC(C)(C)CNC4=C(C)C(=O)[C@@]34N3[C@@H](CN14)[C@@H]32. The number of ketones is 1. The molecule has 5 saturated heterocycles. The molecule has 1 spiro atoms. The number of nitrogens with one attached hydrogen (secondary N) is 1. The first-order chi connectivity index (χ1) is 13.7. The van der Waals surface area contributed by atoms with Crippen molar-refractivity contribution < 1.29 is 19.1 Å². The Morgan fingerprint density at radius 2 is 2.17 bits per heavy atom. The molecule has 8 atom stereocenters. The van der Waals surface area contributed by atoms with Gasteiger partial charge in [-0.3, -0.25) is 14.7 Å². The number of hydrogen-bond donors (Lipinski definition) is 2. The van der Waals surface area contributed by atoms with Gasteiger partial charge in [0.15, 0.2) is 11.4 Å². The number of Topliss-reactive ketones (excluding diaryl/α,β-unsaturated/α-hetero) is 1. The van der Waals surface area contributed by atoms with E-state index in [0.717, 1.165) is 30.1 Å². The van der Waals surface area contributed by atoms with Crippen LogP contribution in [0.4, 0.5) is 4.79 Å². The van der Waals surface area contributed by atoms with Crippen molar-refractivity contribution in [1.82, 2.24) is 15.1 Å². The average Bonchev–Trinajstić information content (AvgIpc) is 2.99. The smallest absolute Gasteiger partial charge is 0.404 e. The highest BCUT2D eigenvalue weighted by Gasteiger charge is 2.95. The number of fused-ring (bicyclic) bond motifs is 2. The number of aliphatic imine (C=N–C) groups is 1. The Hall–Kier alpha value is -1.97. The number of piperidine rings is 1. The Balaban J connectivity index is 1.56. The Morgan fingerprint density at radius 1 is 1.41 bits per heavy atom. The van der Waals surface area contributed by atoms with Crippen molar-refractivity contribution in [2.75, 3.05) is 33.4 Å². The summed E-state index contributed by atoms with van der Waals surface area (Å²) in [5.41, 5.74) is 6.35. The van der Waals surface area contributed by atoms with Gasteiger partial charge in [-0.15, -0.1) is 0 Å². The largest absolute Gasteiger partial charge is 0.449 e. The number of carbonyl (C=O) groups excluding carboxylic acids is 2. The first-order valence-electron chi connectivity index (χ1n) is 10.3. The fourth-order valence-corrected chi connectivity index (χ4v) is 7.06. The van der Waals surface area contributed by atoms with Crippen LogP contribution in [0.15, 0.2) is 16.3 Å². The lowest BCUT2D eigenvalue weighted by Gasteiger charge is -2.43. The van der Waals surface area contributed by atoms with Crippen molar-refractivity contribution in [2.24, 2.45) is 28.0 Å². The first kappa shape index (κ1) is 17.9. The van der Waals surface area contributed by atoms with Gasteiger partial charge in [0, 0.05) is 49.7 Å². The monoisotopic (exact) mass is 401 g/mol. The zero-order chi connectivity index (χ0) is 20.5. The average molecular weight is 401 g/mol. The molecule has 7 aliphatic rings. The van der Waals surface area contributed by atoms with Crippen LogP contribution < -0.4 is 11.1 Å². The molecule has 9 nitrogen and oxygen atoms in total. The minimum atomic E-state index is -0.806. The molecule has 6 heterocycles. The third-order valence-electron chi connectivity index (χ3n) is 8.07. The summed E-state index contributed by atoms with van der Waals surface area (Å²) < 4.78 is 11.5. The maximum Gasteiger partial charge on any atom is 0.404 e. The third-order valence-corrected chi connectivity index (χ3v) is 8.07. The molecule has 29 heavy (non-hydrogen) atoms. The third kappa shape index (κ3) is 1.70. The van der Waals surface area contributed by atoms with E-state index in [1.807, 2.05) is 6.92 Å². The van der Waals surface area contributed by atoms with Crippen molar-refractivity contribution in [3.8, 4) is 0 Å². The molecule has 0 saturated carbocycles. The minimum absolute atomic E-state index is 0.0194. The highest BCUT2D eigenvalue weighted by molar-refractivity contribution is 6.20. The predicted molar refractivity (Wildman–Crippen MR) is 103 cm³/mol. The maximum atomic E-state index is 13.9. The standard InChI is InChI=1S/C20H27N5O4/c1-9-13-14(23-8-18(2,3)7-22-13)12-10(6-29-17(21)27)20(28-4)15-11-5-24(20)19(12,16(9)26)25(11)15/h10-12,15,22H,5-8H2,1-4H3,(H2,21,27)/t10-,11+,12+,15-,19+,20-,25?/m1/s1. The number of hydrogen-bond acceptors (Lipinski definition) is 8. The summed E-state index contributed by atoms with van der Waals surface area (Å²) in [6, 6.07) is 0.462. The molecule has 1 amide bonds. The van der Waals surface area contributed by atoms with Crippen LogP contribution in [0.1, 0.15) is 20.8 Å². The quantitative estimate of drug-likeness (QED) is 0.624. The number of nitrogens with zero attached hydrogens (tertiary/aromatic N) is 3. The second kappa shape index (κ2) is 5.01. The van der Waals surface area contributed by atoms with Gasteiger partial charge >= 0.3 is 6.09 Å². The molecule has 0 radical (unpaired) electrons. The molecule has 0 aromatic rings. The summed E-state index contributed by atoms with van der Waals surface area (Å²) in [7, 11) is 1.70. The summed E-state index contributed by atoms with van der Waals surface area (Å²) in [5, 5.41) is 3.51. The molecular weight excluding hydrogens is 374 g/mol. The molecule has 156 valence electrons. The number of ether oxygens (including phenoxy) is 2. The van der Waals surface area contributed by atoms with Gasteiger partial charge in [0.1, 0.15) is 12.3 Å². The van der Waals surface area contributed by atoms with Crippen LogP contribution in [0.25, 0.3) is 0 Å². The Morgan fingerprint density at radius 3 is 2.83 bits per heavy atom. The lowest BCUT2D eigenvalue weighted by molar-refractivity contribution is -0.138.